The summed E-state index contributed by atoms with van der Waals surface area (Å²) in [5.41, 5.74) is 1.11. The standard InChI is InChI=1S/C16H16ClN3O3S2/c17-13-1-3-15(12(9-13)10-18)19-11-14-2-4-16(24-14)25(21,22)20-5-7-23-8-6-20/h1-4,9,19H,5-8,11H2. The summed E-state index contributed by atoms with van der Waals surface area (Å²) in [6, 6.07) is 10.5. The first-order valence-corrected chi connectivity index (χ1v) is 10.2. The maximum Gasteiger partial charge on any atom is 0.252 e. The zero-order valence-electron chi connectivity index (χ0n) is 13.2. The van der Waals surface area contributed by atoms with Crippen molar-refractivity contribution >= 4 is 38.6 Å². The van der Waals surface area contributed by atoms with E-state index in [1.165, 1.54) is 15.6 Å². The molecule has 0 bridgehead atoms. The third-order valence-electron chi connectivity index (χ3n) is 3.76. The van der Waals surface area contributed by atoms with Crippen molar-refractivity contribution in [3.63, 3.8) is 0 Å². The largest absolute Gasteiger partial charge is 0.379 e. The molecule has 0 spiro atoms. The van der Waals surface area contributed by atoms with Crippen LogP contribution in [-0.4, -0.2) is 39.0 Å². The molecule has 0 unspecified atom stereocenters. The lowest BCUT2D eigenvalue weighted by atomic mass is 10.2. The van der Waals surface area contributed by atoms with Gasteiger partial charge in [-0.15, -0.1) is 11.3 Å². The van der Waals surface area contributed by atoms with E-state index in [1.54, 1.807) is 30.3 Å². The summed E-state index contributed by atoms with van der Waals surface area (Å²) >= 11 is 7.11. The number of hydrogen-bond acceptors (Lipinski definition) is 6. The molecule has 2 heterocycles. The summed E-state index contributed by atoms with van der Waals surface area (Å²) in [6.45, 7) is 2.03. The van der Waals surface area contributed by atoms with E-state index < -0.39 is 10.0 Å². The average molecular weight is 398 g/mol. The minimum atomic E-state index is -3.47. The highest BCUT2D eigenvalue weighted by Gasteiger charge is 2.27. The topological polar surface area (TPSA) is 82.4 Å². The second-order valence-electron chi connectivity index (χ2n) is 5.39. The summed E-state index contributed by atoms with van der Waals surface area (Å²) in [6.07, 6.45) is 0. The molecule has 2 aromatic rings. The number of nitrogens with zero attached hydrogens (tertiary/aromatic N) is 2. The lowest BCUT2D eigenvalue weighted by Crippen LogP contribution is -2.40. The van der Waals surface area contributed by atoms with E-state index in [2.05, 4.69) is 11.4 Å². The number of nitriles is 1. The van der Waals surface area contributed by atoms with Crippen LogP contribution in [-0.2, 0) is 21.3 Å². The van der Waals surface area contributed by atoms with Crippen LogP contribution in [0.15, 0.2) is 34.5 Å². The number of nitrogens with one attached hydrogen (secondary N) is 1. The maximum absolute atomic E-state index is 12.6. The van der Waals surface area contributed by atoms with Gasteiger partial charge in [-0.25, -0.2) is 8.42 Å². The number of sulfonamides is 1. The van der Waals surface area contributed by atoms with Gasteiger partial charge in [0.1, 0.15) is 10.3 Å². The number of morpholine rings is 1. The maximum atomic E-state index is 12.6. The normalized spacial score (nSPS) is 15.7. The van der Waals surface area contributed by atoms with Crippen LogP contribution < -0.4 is 5.32 Å². The van der Waals surface area contributed by atoms with E-state index in [0.717, 1.165) is 4.88 Å². The third kappa shape index (κ3) is 4.14. The van der Waals surface area contributed by atoms with Gasteiger partial charge in [-0.3, -0.25) is 0 Å². The van der Waals surface area contributed by atoms with E-state index in [9.17, 15) is 8.42 Å². The molecule has 1 aromatic carbocycles. The number of thiophene rings is 1. The zero-order chi connectivity index (χ0) is 17.9. The van der Waals surface area contributed by atoms with Crippen molar-refractivity contribution in [1.82, 2.24) is 4.31 Å². The van der Waals surface area contributed by atoms with Crippen LogP contribution >= 0.6 is 22.9 Å². The van der Waals surface area contributed by atoms with Gasteiger partial charge < -0.3 is 10.1 Å². The third-order valence-corrected chi connectivity index (χ3v) is 7.44. The Balaban J connectivity index is 1.71. The number of hydrogen-bond donors (Lipinski definition) is 1. The van der Waals surface area contributed by atoms with E-state index in [-0.39, 0.29) is 0 Å². The molecule has 1 aliphatic rings. The predicted molar refractivity (Wildman–Crippen MR) is 97.4 cm³/mol. The molecule has 9 heteroatoms. The summed E-state index contributed by atoms with van der Waals surface area (Å²) < 4.78 is 32.2. The predicted octanol–water partition coefficient (Wildman–Crippen LogP) is 2.91. The molecule has 6 nitrogen and oxygen atoms in total. The van der Waals surface area contributed by atoms with Crippen molar-refractivity contribution in [3.8, 4) is 6.07 Å². The Morgan fingerprint density at radius 1 is 1.28 bits per heavy atom. The van der Waals surface area contributed by atoms with E-state index in [0.29, 0.717) is 53.3 Å². The van der Waals surface area contributed by atoms with Crippen LogP contribution in [0.3, 0.4) is 0 Å². The Kier molecular flexibility index (Phi) is 5.61. The molecule has 0 aliphatic carbocycles. The van der Waals surface area contributed by atoms with Crippen LogP contribution in [0.4, 0.5) is 5.69 Å². The van der Waals surface area contributed by atoms with Crippen molar-refractivity contribution in [2.45, 2.75) is 10.8 Å². The molecule has 1 N–H and O–H groups in total. The Hall–Kier alpha value is -1.63. The number of rotatable bonds is 5. The van der Waals surface area contributed by atoms with Crippen LogP contribution in [0, 0.1) is 11.3 Å². The Bertz CT molecular complexity index is 900. The highest BCUT2D eigenvalue weighted by atomic mass is 35.5. The molecule has 0 radical (unpaired) electrons. The second kappa shape index (κ2) is 7.72. The molecule has 3 rings (SSSR count). The van der Waals surface area contributed by atoms with E-state index >= 15 is 0 Å². The smallest absolute Gasteiger partial charge is 0.252 e. The molecular weight excluding hydrogens is 382 g/mol. The second-order valence-corrected chi connectivity index (χ2v) is 9.16. The van der Waals surface area contributed by atoms with Gasteiger partial charge in [0.2, 0.25) is 0 Å². The zero-order valence-corrected chi connectivity index (χ0v) is 15.6. The molecule has 1 aromatic heterocycles. The highest BCUT2D eigenvalue weighted by Crippen LogP contribution is 2.27. The Morgan fingerprint density at radius 3 is 2.76 bits per heavy atom. The van der Waals surface area contributed by atoms with Crippen molar-refractivity contribution in [2.75, 3.05) is 31.6 Å². The van der Waals surface area contributed by atoms with Crippen LogP contribution in [0.1, 0.15) is 10.4 Å². The van der Waals surface area contributed by atoms with Crippen molar-refractivity contribution in [3.05, 3.63) is 45.8 Å². The number of benzene rings is 1. The number of ether oxygens (including phenoxy) is 1. The molecule has 1 fully saturated rings. The SMILES string of the molecule is N#Cc1cc(Cl)ccc1NCc1ccc(S(=O)(=O)N2CCOCC2)s1. The first-order valence-electron chi connectivity index (χ1n) is 7.61. The minimum Gasteiger partial charge on any atom is -0.379 e. The molecule has 25 heavy (non-hydrogen) atoms. The summed E-state index contributed by atoms with van der Waals surface area (Å²) in [5, 5.41) is 12.8. The number of halogens is 1. The molecule has 132 valence electrons. The van der Waals surface area contributed by atoms with Gasteiger partial charge in [0, 0.05) is 29.5 Å². The van der Waals surface area contributed by atoms with Gasteiger partial charge in [-0.1, -0.05) is 11.6 Å². The van der Waals surface area contributed by atoms with Gasteiger partial charge >= 0.3 is 0 Å². The lowest BCUT2D eigenvalue weighted by Gasteiger charge is -2.25. The van der Waals surface area contributed by atoms with Crippen LogP contribution in [0.25, 0.3) is 0 Å². The average Bonchev–Trinajstić information content (AvgIpc) is 3.11. The molecule has 1 saturated heterocycles. The van der Waals surface area contributed by atoms with Crippen LogP contribution in [0.2, 0.25) is 5.02 Å². The summed E-state index contributed by atoms with van der Waals surface area (Å²) in [5.74, 6) is 0. The molecule has 0 atom stereocenters. The van der Waals surface area contributed by atoms with E-state index in [1.807, 2.05) is 0 Å². The van der Waals surface area contributed by atoms with Gasteiger partial charge in [-0.05, 0) is 30.3 Å². The van der Waals surface area contributed by atoms with Crippen molar-refractivity contribution < 1.29 is 13.2 Å². The molecule has 1 aliphatic heterocycles. The first kappa shape index (κ1) is 18.2. The lowest BCUT2D eigenvalue weighted by molar-refractivity contribution is 0.0731. The van der Waals surface area contributed by atoms with E-state index in [4.69, 9.17) is 21.6 Å². The van der Waals surface area contributed by atoms with Gasteiger partial charge in [-0.2, -0.15) is 9.57 Å². The molecule has 0 amide bonds. The fourth-order valence-electron chi connectivity index (χ4n) is 2.45. The van der Waals surface area contributed by atoms with Crippen molar-refractivity contribution in [1.29, 1.82) is 5.26 Å². The summed E-state index contributed by atoms with van der Waals surface area (Å²) in [7, 11) is -3.47. The van der Waals surface area contributed by atoms with Gasteiger partial charge in [0.15, 0.2) is 0 Å². The van der Waals surface area contributed by atoms with Gasteiger partial charge in [0.05, 0.1) is 24.5 Å². The first-order chi connectivity index (χ1) is 12.0. The van der Waals surface area contributed by atoms with Crippen molar-refractivity contribution in [2.24, 2.45) is 0 Å². The monoisotopic (exact) mass is 397 g/mol. The fourth-order valence-corrected chi connectivity index (χ4v) is 5.48. The van der Waals surface area contributed by atoms with Gasteiger partial charge in [0.25, 0.3) is 10.0 Å². The fraction of sp³-hybridized carbons (Fsp3) is 0.312. The molecular formula is C16H16ClN3O3S2. The summed E-state index contributed by atoms with van der Waals surface area (Å²) in [4.78, 5) is 0.866. The van der Waals surface area contributed by atoms with Crippen LogP contribution in [0.5, 0.6) is 0 Å². The highest BCUT2D eigenvalue weighted by molar-refractivity contribution is 7.91. The number of anilines is 1. The quantitative estimate of drug-likeness (QED) is 0.838. The Labute approximate surface area is 155 Å². The molecule has 0 saturated carbocycles. The Morgan fingerprint density at radius 2 is 2.04 bits per heavy atom. The minimum absolute atomic E-state index is 0.322.